The predicted molar refractivity (Wildman–Crippen MR) is 95.0 cm³/mol. The van der Waals surface area contributed by atoms with Gasteiger partial charge in [0.1, 0.15) is 17.8 Å². The number of halogens is 4. The lowest BCUT2D eigenvalue weighted by atomic mass is 10.1. The number of nitrogens with zero attached hydrogens (tertiary/aromatic N) is 4. The number of rotatable bonds is 4. The molecule has 1 unspecified atom stereocenters. The Balaban J connectivity index is 1.80. The van der Waals surface area contributed by atoms with E-state index in [2.05, 4.69) is 15.1 Å². The maximum Gasteiger partial charge on any atom is 0.416 e. The van der Waals surface area contributed by atoms with Gasteiger partial charge in [-0.15, -0.1) is 0 Å². The van der Waals surface area contributed by atoms with E-state index < -0.39 is 30.0 Å². The fourth-order valence-corrected chi connectivity index (χ4v) is 3.24. The van der Waals surface area contributed by atoms with E-state index in [1.807, 2.05) is 4.90 Å². The zero-order valence-corrected chi connectivity index (χ0v) is 14.9. The molecule has 1 aliphatic heterocycles. The Morgan fingerprint density at radius 1 is 1.21 bits per heavy atom. The van der Waals surface area contributed by atoms with Crippen molar-refractivity contribution in [2.75, 3.05) is 18.0 Å². The minimum atomic E-state index is -4.43. The maximum absolute atomic E-state index is 13.4. The van der Waals surface area contributed by atoms with Gasteiger partial charge in [-0.3, -0.25) is 9.78 Å². The molecule has 0 aliphatic carbocycles. The number of hydrogen-bond acceptors (Lipinski definition) is 4. The zero-order chi connectivity index (χ0) is 20.1. The first-order valence-electron chi connectivity index (χ1n) is 8.79. The van der Waals surface area contributed by atoms with Gasteiger partial charge >= 0.3 is 6.18 Å². The molecule has 0 radical (unpaired) electrons. The van der Waals surface area contributed by atoms with E-state index in [1.165, 1.54) is 16.8 Å². The van der Waals surface area contributed by atoms with Crippen LogP contribution >= 0.6 is 0 Å². The largest absolute Gasteiger partial charge is 0.416 e. The molecule has 0 amide bonds. The van der Waals surface area contributed by atoms with Crippen LogP contribution in [0.25, 0.3) is 11.0 Å². The minimum Gasteiger partial charge on any atom is -0.342 e. The standard InChI is InChI=1S/C18H17F4N5O/c1-10(11-3-5-12(6-4-11)18(20,21)22)27-15-14(13(9-19)25-27)16(28)24-17(23-15)26-7-2-8-26/h3-6,10H,2,7-9H2,1H3,(H,23,24,28). The molecule has 1 aliphatic rings. The smallest absolute Gasteiger partial charge is 0.342 e. The summed E-state index contributed by atoms with van der Waals surface area (Å²) in [4.78, 5) is 21.5. The van der Waals surface area contributed by atoms with Crippen molar-refractivity contribution in [3.8, 4) is 0 Å². The second-order valence-electron chi connectivity index (χ2n) is 6.75. The van der Waals surface area contributed by atoms with Gasteiger partial charge in [0.25, 0.3) is 5.56 Å². The predicted octanol–water partition coefficient (Wildman–Crippen LogP) is 3.43. The van der Waals surface area contributed by atoms with Crippen LogP contribution in [0.4, 0.5) is 23.5 Å². The highest BCUT2D eigenvalue weighted by Crippen LogP contribution is 2.31. The minimum absolute atomic E-state index is 0.0438. The number of fused-ring (bicyclic) bond motifs is 1. The number of benzene rings is 1. The highest BCUT2D eigenvalue weighted by atomic mass is 19.4. The molecule has 1 atom stereocenters. The molecular weight excluding hydrogens is 378 g/mol. The summed E-state index contributed by atoms with van der Waals surface area (Å²) in [6.07, 6.45) is -3.44. The van der Waals surface area contributed by atoms with E-state index in [1.54, 1.807) is 6.92 Å². The normalized spacial score (nSPS) is 15.7. The molecule has 3 aromatic rings. The van der Waals surface area contributed by atoms with E-state index in [0.717, 1.165) is 31.6 Å². The topological polar surface area (TPSA) is 66.8 Å². The summed E-state index contributed by atoms with van der Waals surface area (Å²) in [5.41, 5.74) is -0.531. The first-order valence-corrected chi connectivity index (χ1v) is 8.79. The summed E-state index contributed by atoms with van der Waals surface area (Å²) in [6.45, 7) is 2.28. The van der Waals surface area contributed by atoms with Crippen LogP contribution < -0.4 is 10.5 Å². The third-order valence-electron chi connectivity index (χ3n) is 4.99. The fraction of sp³-hybridized carbons (Fsp3) is 0.389. The third-order valence-corrected chi connectivity index (χ3v) is 4.99. The van der Waals surface area contributed by atoms with Gasteiger partial charge in [-0.25, -0.2) is 9.07 Å². The van der Waals surface area contributed by atoms with Gasteiger partial charge in [0.2, 0.25) is 5.95 Å². The van der Waals surface area contributed by atoms with Crippen LogP contribution in [0.15, 0.2) is 29.1 Å². The van der Waals surface area contributed by atoms with E-state index in [-0.39, 0.29) is 16.7 Å². The van der Waals surface area contributed by atoms with E-state index in [0.29, 0.717) is 11.5 Å². The highest BCUT2D eigenvalue weighted by molar-refractivity contribution is 5.78. The molecule has 0 bridgehead atoms. The Morgan fingerprint density at radius 2 is 1.89 bits per heavy atom. The van der Waals surface area contributed by atoms with Crippen molar-refractivity contribution in [2.45, 2.75) is 32.2 Å². The number of aromatic amines is 1. The van der Waals surface area contributed by atoms with Gasteiger partial charge in [-0.05, 0) is 31.0 Å². The number of H-pyrrole nitrogens is 1. The summed E-state index contributed by atoms with van der Waals surface area (Å²) in [6, 6.07) is 4.13. The molecule has 1 saturated heterocycles. The van der Waals surface area contributed by atoms with E-state index >= 15 is 0 Å². The van der Waals surface area contributed by atoms with Gasteiger partial charge < -0.3 is 4.90 Å². The van der Waals surface area contributed by atoms with Gasteiger partial charge in [-0.1, -0.05) is 12.1 Å². The molecule has 4 rings (SSSR count). The Labute approximate surface area is 156 Å². The Bertz CT molecular complexity index is 1070. The van der Waals surface area contributed by atoms with Crippen LogP contribution in [-0.4, -0.2) is 32.8 Å². The molecule has 3 heterocycles. The van der Waals surface area contributed by atoms with Crippen molar-refractivity contribution >= 4 is 17.0 Å². The lowest BCUT2D eigenvalue weighted by Gasteiger charge is -2.31. The SMILES string of the molecule is CC(c1ccc(C(F)(F)F)cc1)n1nc(CF)c2c(=O)[nH]c(N3CCC3)nc21. The quantitative estimate of drug-likeness (QED) is 0.688. The molecule has 2 aromatic heterocycles. The maximum atomic E-state index is 13.4. The molecule has 6 nitrogen and oxygen atoms in total. The number of alkyl halides is 4. The van der Waals surface area contributed by atoms with Crippen molar-refractivity contribution in [3.05, 3.63) is 51.4 Å². The number of aromatic nitrogens is 4. The van der Waals surface area contributed by atoms with Crippen molar-refractivity contribution in [1.29, 1.82) is 0 Å². The lowest BCUT2D eigenvalue weighted by molar-refractivity contribution is -0.137. The number of hydrogen-bond donors (Lipinski definition) is 1. The van der Waals surface area contributed by atoms with Crippen LogP contribution in [-0.2, 0) is 12.9 Å². The van der Waals surface area contributed by atoms with Crippen LogP contribution in [0, 0.1) is 0 Å². The average Bonchev–Trinajstić information content (AvgIpc) is 2.98. The van der Waals surface area contributed by atoms with Crippen LogP contribution in [0.1, 0.15) is 36.2 Å². The lowest BCUT2D eigenvalue weighted by Crippen LogP contribution is -2.39. The van der Waals surface area contributed by atoms with Crippen LogP contribution in [0.5, 0.6) is 0 Å². The van der Waals surface area contributed by atoms with Crippen molar-refractivity contribution < 1.29 is 17.6 Å². The Hall–Kier alpha value is -2.91. The summed E-state index contributed by atoms with van der Waals surface area (Å²) in [5, 5.41) is 4.24. The summed E-state index contributed by atoms with van der Waals surface area (Å²) < 4.78 is 53.2. The molecule has 1 N–H and O–H groups in total. The second kappa shape index (κ2) is 6.61. The summed E-state index contributed by atoms with van der Waals surface area (Å²) in [7, 11) is 0. The highest BCUT2D eigenvalue weighted by Gasteiger charge is 2.30. The average molecular weight is 395 g/mol. The second-order valence-corrected chi connectivity index (χ2v) is 6.75. The monoisotopic (exact) mass is 395 g/mol. The van der Waals surface area contributed by atoms with Gasteiger partial charge in [0, 0.05) is 13.1 Å². The zero-order valence-electron chi connectivity index (χ0n) is 14.9. The van der Waals surface area contributed by atoms with Crippen molar-refractivity contribution in [1.82, 2.24) is 19.7 Å². The van der Waals surface area contributed by atoms with Gasteiger partial charge in [-0.2, -0.15) is 23.3 Å². The first-order chi connectivity index (χ1) is 13.3. The van der Waals surface area contributed by atoms with Crippen LogP contribution in [0.3, 0.4) is 0 Å². The van der Waals surface area contributed by atoms with E-state index in [4.69, 9.17) is 0 Å². The van der Waals surface area contributed by atoms with Gasteiger partial charge in [0.05, 0.1) is 11.6 Å². The van der Waals surface area contributed by atoms with Gasteiger partial charge in [0.15, 0.2) is 5.65 Å². The molecule has 1 aromatic carbocycles. The van der Waals surface area contributed by atoms with Crippen LogP contribution in [0.2, 0.25) is 0 Å². The van der Waals surface area contributed by atoms with E-state index in [9.17, 15) is 22.4 Å². The molecule has 28 heavy (non-hydrogen) atoms. The fourth-order valence-electron chi connectivity index (χ4n) is 3.24. The molecule has 0 saturated carbocycles. The number of nitrogens with one attached hydrogen (secondary N) is 1. The molecule has 1 fully saturated rings. The molecule has 0 spiro atoms. The molecule has 10 heteroatoms. The molecular formula is C18H17F4N5O. The van der Waals surface area contributed by atoms with Crippen molar-refractivity contribution in [3.63, 3.8) is 0 Å². The van der Waals surface area contributed by atoms with Crippen molar-refractivity contribution in [2.24, 2.45) is 0 Å². The third kappa shape index (κ3) is 3.02. The molecule has 148 valence electrons. The Morgan fingerprint density at radius 3 is 2.43 bits per heavy atom. The Kier molecular flexibility index (Phi) is 4.35. The summed E-state index contributed by atoms with van der Waals surface area (Å²) in [5.74, 6) is 0.384. The first kappa shape index (κ1) is 18.5. The number of anilines is 1. The summed E-state index contributed by atoms with van der Waals surface area (Å²) >= 11 is 0.